The minimum Gasteiger partial charge on any atom is -0.387 e. The lowest BCUT2D eigenvalue weighted by molar-refractivity contribution is 0.194. The Morgan fingerprint density at radius 2 is 2.19 bits per heavy atom. The lowest BCUT2D eigenvalue weighted by Gasteiger charge is -2.04. The van der Waals surface area contributed by atoms with E-state index in [9.17, 15) is 5.11 Å². The number of aromatic nitrogens is 4. The van der Waals surface area contributed by atoms with Crippen molar-refractivity contribution in [1.29, 1.82) is 0 Å². The van der Waals surface area contributed by atoms with Crippen molar-refractivity contribution in [3.63, 3.8) is 0 Å². The van der Waals surface area contributed by atoms with Gasteiger partial charge in [-0.15, -0.1) is 0 Å². The predicted molar refractivity (Wildman–Crippen MR) is 60.0 cm³/mol. The molecule has 2 heterocycles. The van der Waals surface area contributed by atoms with Crippen molar-refractivity contribution in [2.75, 3.05) is 0 Å². The summed E-state index contributed by atoms with van der Waals surface area (Å²) in [5.74, 6) is 0. The van der Waals surface area contributed by atoms with Gasteiger partial charge in [-0.3, -0.25) is 4.98 Å². The Kier molecular flexibility index (Phi) is 3.21. The van der Waals surface area contributed by atoms with Crippen LogP contribution in [0.2, 0.25) is 0 Å². The quantitative estimate of drug-likeness (QED) is 0.873. The van der Waals surface area contributed by atoms with Gasteiger partial charge in [-0.25, -0.2) is 9.67 Å². The number of hydrogen-bond acceptors (Lipinski definition) is 5. The summed E-state index contributed by atoms with van der Waals surface area (Å²) in [6.07, 6.45) is 2.70. The molecule has 0 aliphatic heterocycles. The summed E-state index contributed by atoms with van der Waals surface area (Å²) in [6, 6.07) is 3.72. The van der Waals surface area contributed by atoms with Gasteiger partial charge in [-0.1, -0.05) is 0 Å². The van der Waals surface area contributed by atoms with E-state index in [4.69, 9.17) is 0 Å². The SMILES string of the molecule is CC(O)c1ccc(Sc2ncnn2C)cn1. The van der Waals surface area contributed by atoms with Gasteiger partial charge in [0.25, 0.3) is 0 Å². The molecule has 2 rings (SSSR count). The van der Waals surface area contributed by atoms with Crippen molar-refractivity contribution in [2.24, 2.45) is 7.05 Å². The van der Waals surface area contributed by atoms with E-state index in [-0.39, 0.29) is 0 Å². The van der Waals surface area contributed by atoms with E-state index in [1.807, 2.05) is 19.2 Å². The Morgan fingerprint density at radius 1 is 1.38 bits per heavy atom. The Bertz CT molecular complexity index is 466. The van der Waals surface area contributed by atoms with Crippen LogP contribution in [0.1, 0.15) is 18.7 Å². The molecule has 6 heteroatoms. The third-order valence-electron chi connectivity index (χ3n) is 2.07. The summed E-state index contributed by atoms with van der Waals surface area (Å²) in [7, 11) is 1.84. The molecule has 2 aromatic rings. The van der Waals surface area contributed by atoms with Crippen LogP contribution in [0.25, 0.3) is 0 Å². The van der Waals surface area contributed by atoms with Crippen molar-refractivity contribution in [2.45, 2.75) is 23.1 Å². The van der Waals surface area contributed by atoms with Crippen molar-refractivity contribution in [3.8, 4) is 0 Å². The van der Waals surface area contributed by atoms with Gasteiger partial charge in [0.2, 0.25) is 0 Å². The average molecular weight is 236 g/mol. The van der Waals surface area contributed by atoms with Crippen LogP contribution in [-0.4, -0.2) is 24.9 Å². The average Bonchev–Trinajstić information content (AvgIpc) is 2.65. The normalized spacial score (nSPS) is 12.7. The highest BCUT2D eigenvalue weighted by atomic mass is 32.2. The third kappa shape index (κ3) is 2.40. The molecule has 1 atom stereocenters. The summed E-state index contributed by atoms with van der Waals surface area (Å²) in [5, 5.41) is 14.1. The fourth-order valence-corrected chi connectivity index (χ4v) is 1.91. The highest BCUT2D eigenvalue weighted by Gasteiger charge is 2.05. The number of pyridine rings is 1. The van der Waals surface area contributed by atoms with Crippen molar-refractivity contribution >= 4 is 11.8 Å². The molecule has 16 heavy (non-hydrogen) atoms. The zero-order valence-corrected chi connectivity index (χ0v) is 9.85. The van der Waals surface area contributed by atoms with Crippen molar-refractivity contribution in [3.05, 3.63) is 30.4 Å². The van der Waals surface area contributed by atoms with Crippen LogP contribution < -0.4 is 0 Å². The topological polar surface area (TPSA) is 63.8 Å². The highest BCUT2D eigenvalue weighted by Crippen LogP contribution is 2.24. The molecule has 0 saturated heterocycles. The second kappa shape index (κ2) is 4.63. The first-order valence-electron chi connectivity index (χ1n) is 4.82. The number of aliphatic hydroxyl groups is 1. The molecular formula is C10H12N4OS. The summed E-state index contributed by atoms with van der Waals surface area (Å²) in [6.45, 7) is 1.69. The largest absolute Gasteiger partial charge is 0.387 e. The molecule has 0 aliphatic rings. The van der Waals surface area contributed by atoms with E-state index in [0.29, 0.717) is 5.69 Å². The zero-order chi connectivity index (χ0) is 11.5. The number of nitrogens with zero attached hydrogens (tertiary/aromatic N) is 4. The Labute approximate surface area is 97.5 Å². The molecule has 2 aromatic heterocycles. The summed E-state index contributed by atoms with van der Waals surface area (Å²) in [4.78, 5) is 9.24. The Morgan fingerprint density at radius 3 is 2.69 bits per heavy atom. The van der Waals surface area contributed by atoms with Gasteiger partial charge in [-0.05, 0) is 30.8 Å². The van der Waals surface area contributed by atoms with Gasteiger partial charge in [0, 0.05) is 18.1 Å². The second-order valence-electron chi connectivity index (χ2n) is 3.36. The third-order valence-corrected chi connectivity index (χ3v) is 3.10. The smallest absolute Gasteiger partial charge is 0.190 e. The number of rotatable bonds is 3. The van der Waals surface area contributed by atoms with Gasteiger partial charge in [-0.2, -0.15) is 5.10 Å². The van der Waals surface area contributed by atoms with Gasteiger partial charge >= 0.3 is 0 Å². The van der Waals surface area contributed by atoms with Crippen LogP contribution in [0.15, 0.2) is 34.7 Å². The molecule has 0 radical (unpaired) electrons. The lowest BCUT2D eigenvalue weighted by Crippen LogP contribution is -1.95. The zero-order valence-electron chi connectivity index (χ0n) is 9.03. The van der Waals surface area contributed by atoms with Gasteiger partial charge in [0.05, 0.1) is 11.8 Å². The standard InChI is InChI=1S/C10H12N4OS/c1-7(15)9-4-3-8(5-11-9)16-10-12-6-13-14(10)2/h3-7,15H,1-2H3. The summed E-state index contributed by atoms with van der Waals surface area (Å²) < 4.78 is 1.70. The van der Waals surface area contributed by atoms with Crippen LogP contribution in [0.5, 0.6) is 0 Å². The first kappa shape index (κ1) is 11.1. The summed E-state index contributed by atoms with van der Waals surface area (Å²) in [5.41, 5.74) is 0.669. The minimum atomic E-state index is -0.533. The van der Waals surface area contributed by atoms with Crippen LogP contribution in [0.3, 0.4) is 0 Å². The molecular weight excluding hydrogens is 224 g/mol. The Balaban J connectivity index is 2.14. The van der Waals surface area contributed by atoms with E-state index in [2.05, 4.69) is 15.1 Å². The van der Waals surface area contributed by atoms with Crippen molar-refractivity contribution < 1.29 is 5.11 Å². The van der Waals surface area contributed by atoms with Crippen molar-refractivity contribution in [1.82, 2.24) is 19.7 Å². The fourth-order valence-electron chi connectivity index (χ4n) is 1.18. The van der Waals surface area contributed by atoms with Crippen LogP contribution in [-0.2, 0) is 7.05 Å². The first-order chi connectivity index (χ1) is 7.66. The maximum atomic E-state index is 9.32. The first-order valence-corrected chi connectivity index (χ1v) is 5.64. The molecule has 1 N–H and O–H groups in total. The van der Waals surface area contributed by atoms with Crippen LogP contribution >= 0.6 is 11.8 Å². The molecule has 0 bridgehead atoms. The van der Waals surface area contributed by atoms with Crippen LogP contribution in [0, 0.1) is 0 Å². The molecule has 0 amide bonds. The minimum absolute atomic E-state index is 0.533. The molecule has 1 unspecified atom stereocenters. The number of hydrogen-bond donors (Lipinski definition) is 1. The molecule has 0 fully saturated rings. The van der Waals surface area contributed by atoms with Crippen LogP contribution in [0.4, 0.5) is 0 Å². The van der Waals surface area contributed by atoms with Gasteiger partial charge in [0.1, 0.15) is 6.33 Å². The fraction of sp³-hybridized carbons (Fsp3) is 0.300. The molecule has 0 saturated carbocycles. The second-order valence-corrected chi connectivity index (χ2v) is 4.40. The maximum Gasteiger partial charge on any atom is 0.190 e. The van der Waals surface area contributed by atoms with E-state index >= 15 is 0 Å². The van der Waals surface area contributed by atoms with E-state index in [1.165, 1.54) is 18.1 Å². The predicted octanol–water partition coefficient (Wildman–Crippen LogP) is 1.41. The molecule has 0 spiro atoms. The molecule has 0 aromatic carbocycles. The van der Waals surface area contributed by atoms with E-state index < -0.39 is 6.10 Å². The Hall–Kier alpha value is -1.40. The lowest BCUT2D eigenvalue weighted by atomic mass is 10.2. The number of aryl methyl sites for hydroxylation is 1. The summed E-state index contributed by atoms with van der Waals surface area (Å²) >= 11 is 1.49. The monoisotopic (exact) mass is 236 g/mol. The van der Waals surface area contributed by atoms with Gasteiger partial charge in [0.15, 0.2) is 5.16 Å². The highest BCUT2D eigenvalue weighted by molar-refractivity contribution is 7.99. The van der Waals surface area contributed by atoms with Gasteiger partial charge < -0.3 is 5.11 Å². The molecule has 5 nitrogen and oxygen atoms in total. The van der Waals surface area contributed by atoms with E-state index in [0.717, 1.165) is 10.1 Å². The molecule has 0 aliphatic carbocycles. The number of aliphatic hydroxyl groups excluding tert-OH is 1. The molecule has 84 valence electrons. The van der Waals surface area contributed by atoms with E-state index in [1.54, 1.807) is 17.8 Å². The maximum absolute atomic E-state index is 9.32.